The Balaban J connectivity index is 1.92. The molecule has 0 aliphatic heterocycles. The molecule has 1 heterocycles. The van der Waals surface area contributed by atoms with E-state index in [4.69, 9.17) is 5.73 Å². The van der Waals surface area contributed by atoms with Gasteiger partial charge in [0.25, 0.3) is 0 Å². The van der Waals surface area contributed by atoms with Gasteiger partial charge in [-0.05, 0) is 36.6 Å². The smallest absolute Gasteiger partial charge is 0.0702 e. The first-order chi connectivity index (χ1) is 8.36. The summed E-state index contributed by atoms with van der Waals surface area (Å²) in [6, 6.07) is 11.4. The largest absolute Gasteiger partial charge is 0.329 e. The molecule has 1 saturated carbocycles. The lowest BCUT2D eigenvalue weighted by molar-refractivity contribution is 0.539. The third kappa shape index (κ3) is 2.30. The standard InChI is InChI=1S/C14H17N3/c15-9-14(17-12-4-5-12)11-3-6-13-10(8-11)2-1-7-16-13/h1-3,6-8,12,14,17H,4-5,9,15H2. The Morgan fingerprint density at radius 2 is 2.24 bits per heavy atom. The van der Waals surface area contributed by atoms with Crippen LogP contribution in [-0.2, 0) is 0 Å². The van der Waals surface area contributed by atoms with Crippen LogP contribution < -0.4 is 11.1 Å². The van der Waals surface area contributed by atoms with Crippen LogP contribution in [0.25, 0.3) is 10.9 Å². The molecule has 3 N–H and O–H groups in total. The van der Waals surface area contributed by atoms with E-state index in [1.807, 2.05) is 12.3 Å². The van der Waals surface area contributed by atoms with Crippen LogP contribution in [0.3, 0.4) is 0 Å². The lowest BCUT2D eigenvalue weighted by atomic mass is 10.0. The first-order valence-electron chi connectivity index (χ1n) is 6.17. The van der Waals surface area contributed by atoms with Crippen LogP contribution in [0.15, 0.2) is 36.5 Å². The van der Waals surface area contributed by atoms with Crippen molar-refractivity contribution in [2.45, 2.75) is 24.9 Å². The fourth-order valence-electron chi connectivity index (χ4n) is 2.15. The quantitative estimate of drug-likeness (QED) is 0.839. The third-order valence-electron chi connectivity index (χ3n) is 3.28. The molecule has 0 bridgehead atoms. The second-order valence-electron chi connectivity index (χ2n) is 4.68. The lowest BCUT2D eigenvalue weighted by Crippen LogP contribution is -2.29. The molecule has 0 saturated heterocycles. The number of hydrogen-bond acceptors (Lipinski definition) is 3. The predicted octanol–water partition coefficient (Wildman–Crippen LogP) is 1.99. The number of nitrogens with two attached hydrogens (primary N) is 1. The maximum atomic E-state index is 5.85. The van der Waals surface area contributed by atoms with Gasteiger partial charge in [0.15, 0.2) is 0 Å². The number of pyridine rings is 1. The van der Waals surface area contributed by atoms with Gasteiger partial charge in [0.05, 0.1) is 5.52 Å². The van der Waals surface area contributed by atoms with Crippen LogP contribution in [0.4, 0.5) is 0 Å². The zero-order valence-electron chi connectivity index (χ0n) is 9.76. The van der Waals surface area contributed by atoms with E-state index >= 15 is 0 Å². The molecule has 1 atom stereocenters. The van der Waals surface area contributed by atoms with Crippen molar-refractivity contribution in [3.05, 3.63) is 42.1 Å². The van der Waals surface area contributed by atoms with E-state index in [1.54, 1.807) is 0 Å². The second-order valence-corrected chi connectivity index (χ2v) is 4.68. The summed E-state index contributed by atoms with van der Waals surface area (Å²) in [6.45, 7) is 0.641. The van der Waals surface area contributed by atoms with E-state index in [-0.39, 0.29) is 6.04 Å². The average Bonchev–Trinajstić information content (AvgIpc) is 3.19. The van der Waals surface area contributed by atoms with Crippen LogP contribution in [0.5, 0.6) is 0 Å². The maximum Gasteiger partial charge on any atom is 0.0702 e. The van der Waals surface area contributed by atoms with E-state index in [9.17, 15) is 0 Å². The van der Waals surface area contributed by atoms with Crippen LogP contribution >= 0.6 is 0 Å². The number of hydrogen-bond donors (Lipinski definition) is 2. The van der Waals surface area contributed by atoms with E-state index in [2.05, 4.69) is 34.6 Å². The number of aromatic nitrogens is 1. The van der Waals surface area contributed by atoms with Crippen molar-refractivity contribution in [3.63, 3.8) is 0 Å². The molecule has 0 radical (unpaired) electrons. The van der Waals surface area contributed by atoms with Crippen molar-refractivity contribution >= 4 is 10.9 Å². The molecule has 3 nitrogen and oxygen atoms in total. The zero-order chi connectivity index (χ0) is 11.7. The van der Waals surface area contributed by atoms with Crippen molar-refractivity contribution in [2.75, 3.05) is 6.54 Å². The molecule has 1 unspecified atom stereocenters. The summed E-state index contributed by atoms with van der Waals surface area (Å²) in [7, 11) is 0. The Labute approximate surface area is 101 Å². The molecular weight excluding hydrogens is 210 g/mol. The molecule has 3 heteroatoms. The molecule has 0 spiro atoms. The van der Waals surface area contributed by atoms with Crippen molar-refractivity contribution in [2.24, 2.45) is 5.73 Å². The summed E-state index contributed by atoms with van der Waals surface area (Å²) >= 11 is 0. The van der Waals surface area contributed by atoms with E-state index in [0.717, 1.165) is 5.52 Å². The lowest BCUT2D eigenvalue weighted by Gasteiger charge is -2.17. The normalized spacial score (nSPS) is 17.2. The second kappa shape index (κ2) is 4.43. The fourth-order valence-corrected chi connectivity index (χ4v) is 2.15. The molecule has 17 heavy (non-hydrogen) atoms. The Morgan fingerprint density at radius 1 is 1.35 bits per heavy atom. The summed E-state index contributed by atoms with van der Waals surface area (Å²) in [6.07, 6.45) is 4.39. The molecule has 2 aromatic rings. The van der Waals surface area contributed by atoms with E-state index < -0.39 is 0 Å². The van der Waals surface area contributed by atoms with E-state index in [0.29, 0.717) is 12.6 Å². The van der Waals surface area contributed by atoms with Gasteiger partial charge in [-0.1, -0.05) is 12.1 Å². The van der Waals surface area contributed by atoms with Gasteiger partial charge in [-0.25, -0.2) is 0 Å². The van der Waals surface area contributed by atoms with Crippen LogP contribution in [0, 0.1) is 0 Å². The molecule has 1 aliphatic carbocycles. The van der Waals surface area contributed by atoms with E-state index in [1.165, 1.54) is 23.8 Å². The Hall–Kier alpha value is -1.45. The Bertz CT molecular complexity index is 520. The van der Waals surface area contributed by atoms with Crippen molar-refractivity contribution in [1.29, 1.82) is 0 Å². The minimum atomic E-state index is 0.270. The number of fused-ring (bicyclic) bond motifs is 1. The van der Waals surface area contributed by atoms with Crippen molar-refractivity contribution in [3.8, 4) is 0 Å². The molecule has 1 aliphatic rings. The molecule has 1 aromatic heterocycles. The summed E-state index contributed by atoms with van der Waals surface area (Å²) < 4.78 is 0. The number of benzene rings is 1. The van der Waals surface area contributed by atoms with Crippen molar-refractivity contribution in [1.82, 2.24) is 10.3 Å². The summed E-state index contributed by atoms with van der Waals surface area (Å²) in [4.78, 5) is 4.33. The fraction of sp³-hybridized carbons (Fsp3) is 0.357. The highest BCUT2D eigenvalue weighted by Crippen LogP contribution is 2.25. The SMILES string of the molecule is NCC(NC1CC1)c1ccc2ncccc2c1. The Kier molecular flexibility index (Phi) is 2.79. The highest BCUT2D eigenvalue weighted by molar-refractivity contribution is 5.79. The summed E-state index contributed by atoms with van der Waals surface area (Å²) in [5, 5.41) is 4.76. The minimum absolute atomic E-state index is 0.270. The van der Waals surface area contributed by atoms with Crippen LogP contribution in [-0.4, -0.2) is 17.6 Å². The monoisotopic (exact) mass is 227 g/mol. The molecule has 0 amide bonds. The van der Waals surface area contributed by atoms with Gasteiger partial charge in [0.1, 0.15) is 0 Å². The van der Waals surface area contributed by atoms with Gasteiger partial charge < -0.3 is 11.1 Å². The summed E-state index contributed by atoms with van der Waals surface area (Å²) in [5.41, 5.74) is 8.15. The van der Waals surface area contributed by atoms with Crippen LogP contribution in [0.2, 0.25) is 0 Å². The molecule has 3 rings (SSSR count). The van der Waals surface area contributed by atoms with Gasteiger partial charge in [-0.2, -0.15) is 0 Å². The third-order valence-corrected chi connectivity index (χ3v) is 3.28. The predicted molar refractivity (Wildman–Crippen MR) is 69.7 cm³/mol. The zero-order valence-corrected chi connectivity index (χ0v) is 9.76. The van der Waals surface area contributed by atoms with Crippen molar-refractivity contribution < 1.29 is 0 Å². The number of nitrogens with one attached hydrogen (secondary N) is 1. The topological polar surface area (TPSA) is 50.9 Å². The maximum absolute atomic E-state index is 5.85. The first kappa shape index (κ1) is 10.7. The summed E-state index contributed by atoms with van der Waals surface area (Å²) in [5.74, 6) is 0. The van der Waals surface area contributed by atoms with Crippen LogP contribution in [0.1, 0.15) is 24.4 Å². The van der Waals surface area contributed by atoms with Gasteiger partial charge >= 0.3 is 0 Å². The van der Waals surface area contributed by atoms with Gasteiger partial charge in [-0.15, -0.1) is 0 Å². The highest BCUT2D eigenvalue weighted by atomic mass is 15.0. The molecule has 88 valence electrons. The Morgan fingerprint density at radius 3 is 3.00 bits per heavy atom. The van der Waals surface area contributed by atoms with Gasteiger partial charge in [0, 0.05) is 30.2 Å². The minimum Gasteiger partial charge on any atom is -0.329 e. The molecular formula is C14H17N3. The van der Waals surface area contributed by atoms with Gasteiger partial charge in [0.2, 0.25) is 0 Å². The van der Waals surface area contributed by atoms with Gasteiger partial charge in [-0.3, -0.25) is 4.98 Å². The molecule has 1 fully saturated rings. The molecule has 1 aromatic carbocycles. The number of nitrogens with zero attached hydrogens (tertiary/aromatic N) is 1. The first-order valence-corrected chi connectivity index (χ1v) is 6.17. The highest BCUT2D eigenvalue weighted by Gasteiger charge is 2.24. The average molecular weight is 227 g/mol. The number of rotatable bonds is 4.